The predicted octanol–water partition coefficient (Wildman–Crippen LogP) is 1.35. The van der Waals surface area contributed by atoms with Gasteiger partial charge < -0.3 is 14.7 Å². The third kappa shape index (κ3) is 3.38. The van der Waals surface area contributed by atoms with Gasteiger partial charge in [0, 0.05) is 19.0 Å². The lowest BCUT2D eigenvalue weighted by Crippen LogP contribution is -2.51. The molecule has 8 nitrogen and oxygen atoms in total. The Morgan fingerprint density at radius 1 is 1.33 bits per heavy atom. The Morgan fingerprint density at radius 2 is 1.96 bits per heavy atom. The number of aliphatic hydroxyl groups is 1. The van der Waals surface area contributed by atoms with Crippen LogP contribution in [0.4, 0.5) is 5.69 Å². The summed E-state index contributed by atoms with van der Waals surface area (Å²) in [5.41, 5.74) is 1.10. The van der Waals surface area contributed by atoms with E-state index in [2.05, 4.69) is 0 Å². The standard InChI is InChI=1S/C16H20N2O6/c1-9-6-12(13(18(22)23)7-10(9)2)15(20)17-5-4-11(19)8-14(17)16(21)24-3/h6-7,11,14,19H,4-5,8H2,1-3H3/t11-,14+/m1/s1. The maximum Gasteiger partial charge on any atom is 0.328 e. The Labute approximate surface area is 139 Å². The molecule has 1 heterocycles. The molecule has 1 fully saturated rings. The van der Waals surface area contributed by atoms with Crippen molar-refractivity contribution >= 4 is 17.6 Å². The molecule has 0 unspecified atom stereocenters. The number of esters is 1. The molecule has 2 atom stereocenters. The highest BCUT2D eigenvalue weighted by Crippen LogP contribution is 2.28. The van der Waals surface area contributed by atoms with E-state index in [9.17, 15) is 24.8 Å². The lowest BCUT2D eigenvalue weighted by atomic mass is 9.97. The maximum atomic E-state index is 12.9. The molecular weight excluding hydrogens is 316 g/mol. The van der Waals surface area contributed by atoms with Crippen molar-refractivity contribution in [1.82, 2.24) is 4.90 Å². The van der Waals surface area contributed by atoms with Gasteiger partial charge in [-0.25, -0.2) is 4.79 Å². The molecule has 1 saturated heterocycles. The van der Waals surface area contributed by atoms with Gasteiger partial charge in [-0.15, -0.1) is 0 Å². The number of aryl methyl sites for hydroxylation is 2. The van der Waals surface area contributed by atoms with Gasteiger partial charge in [0.15, 0.2) is 0 Å². The fourth-order valence-corrected chi connectivity index (χ4v) is 2.83. The number of nitrogens with zero attached hydrogens (tertiary/aromatic N) is 2. The third-order valence-corrected chi connectivity index (χ3v) is 4.35. The third-order valence-electron chi connectivity index (χ3n) is 4.35. The van der Waals surface area contributed by atoms with E-state index in [-0.39, 0.29) is 24.2 Å². The first-order valence-corrected chi connectivity index (χ1v) is 7.58. The van der Waals surface area contributed by atoms with Gasteiger partial charge in [-0.05, 0) is 37.5 Å². The van der Waals surface area contributed by atoms with E-state index in [0.29, 0.717) is 12.0 Å². The maximum absolute atomic E-state index is 12.9. The molecule has 8 heteroatoms. The van der Waals surface area contributed by atoms with Crippen LogP contribution in [0.25, 0.3) is 0 Å². The van der Waals surface area contributed by atoms with Gasteiger partial charge in [-0.1, -0.05) is 0 Å². The summed E-state index contributed by atoms with van der Waals surface area (Å²) in [6, 6.07) is 1.87. The summed E-state index contributed by atoms with van der Waals surface area (Å²) in [6.07, 6.45) is -0.359. The Kier molecular flexibility index (Phi) is 5.18. The van der Waals surface area contributed by atoms with Crippen LogP contribution in [0.1, 0.15) is 34.3 Å². The number of carbonyl (C=O) groups is 2. The van der Waals surface area contributed by atoms with E-state index in [1.807, 2.05) is 0 Å². The Balaban J connectivity index is 2.44. The average Bonchev–Trinajstić information content (AvgIpc) is 2.55. The van der Waals surface area contributed by atoms with Gasteiger partial charge in [-0.3, -0.25) is 14.9 Å². The van der Waals surface area contributed by atoms with E-state index >= 15 is 0 Å². The summed E-state index contributed by atoms with van der Waals surface area (Å²) in [5, 5.41) is 21.1. The van der Waals surface area contributed by atoms with Crippen LogP contribution >= 0.6 is 0 Å². The molecular formula is C16H20N2O6. The van der Waals surface area contributed by atoms with Crippen molar-refractivity contribution < 1.29 is 24.4 Å². The SMILES string of the molecule is COC(=O)[C@@H]1C[C@H](O)CCN1C(=O)c1cc(C)c(C)cc1[N+](=O)[O-]. The van der Waals surface area contributed by atoms with Crippen molar-refractivity contribution in [2.45, 2.75) is 38.8 Å². The number of benzene rings is 1. The van der Waals surface area contributed by atoms with Crippen LogP contribution in [0.2, 0.25) is 0 Å². The second-order valence-electron chi connectivity index (χ2n) is 5.93. The molecule has 1 aromatic carbocycles. The van der Waals surface area contributed by atoms with Crippen LogP contribution in [0.3, 0.4) is 0 Å². The van der Waals surface area contributed by atoms with Gasteiger partial charge >= 0.3 is 5.97 Å². The summed E-state index contributed by atoms with van der Waals surface area (Å²) in [5.74, 6) is -1.25. The molecule has 1 amide bonds. The number of aliphatic hydroxyl groups excluding tert-OH is 1. The van der Waals surface area contributed by atoms with Gasteiger partial charge in [-0.2, -0.15) is 0 Å². The number of nitro benzene ring substituents is 1. The molecule has 0 spiro atoms. The number of methoxy groups -OCH3 is 1. The lowest BCUT2D eigenvalue weighted by molar-refractivity contribution is -0.385. The average molecular weight is 336 g/mol. The van der Waals surface area contributed by atoms with Gasteiger partial charge in [0.25, 0.3) is 11.6 Å². The van der Waals surface area contributed by atoms with E-state index in [1.54, 1.807) is 13.8 Å². The first-order chi connectivity index (χ1) is 11.3. The first-order valence-electron chi connectivity index (χ1n) is 7.58. The van der Waals surface area contributed by atoms with E-state index in [0.717, 1.165) is 5.56 Å². The van der Waals surface area contributed by atoms with Gasteiger partial charge in [0.1, 0.15) is 11.6 Å². The summed E-state index contributed by atoms with van der Waals surface area (Å²) in [6.45, 7) is 3.61. The predicted molar refractivity (Wildman–Crippen MR) is 84.7 cm³/mol. The Bertz CT molecular complexity index is 687. The molecule has 0 aliphatic carbocycles. The highest BCUT2D eigenvalue weighted by molar-refractivity contribution is 6.00. The number of amides is 1. The summed E-state index contributed by atoms with van der Waals surface area (Å²) >= 11 is 0. The number of nitro groups is 1. The number of hydrogen-bond donors (Lipinski definition) is 1. The highest BCUT2D eigenvalue weighted by atomic mass is 16.6. The van der Waals surface area contributed by atoms with Crippen molar-refractivity contribution in [3.63, 3.8) is 0 Å². The highest BCUT2D eigenvalue weighted by Gasteiger charge is 2.38. The smallest absolute Gasteiger partial charge is 0.328 e. The van der Waals surface area contributed by atoms with Crippen LogP contribution in [0, 0.1) is 24.0 Å². The van der Waals surface area contributed by atoms with Gasteiger partial charge in [0.2, 0.25) is 0 Å². The second-order valence-corrected chi connectivity index (χ2v) is 5.93. The number of piperidine rings is 1. The van der Waals surface area contributed by atoms with Crippen molar-refractivity contribution in [2.75, 3.05) is 13.7 Å². The second kappa shape index (κ2) is 6.96. The molecule has 1 aliphatic rings. The molecule has 1 aromatic rings. The molecule has 1 aliphatic heterocycles. The first kappa shape index (κ1) is 17.9. The minimum Gasteiger partial charge on any atom is -0.467 e. The number of rotatable bonds is 3. The quantitative estimate of drug-likeness (QED) is 0.507. The lowest BCUT2D eigenvalue weighted by Gasteiger charge is -2.36. The van der Waals surface area contributed by atoms with E-state index < -0.39 is 28.9 Å². The van der Waals surface area contributed by atoms with Crippen LogP contribution in [0.5, 0.6) is 0 Å². The monoisotopic (exact) mass is 336 g/mol. The number of ether oxygens (including phenoxy) is 1. The molecule has 130 valence electrons. The zero-order valence-electron chi connectivity index (χ0n) is 13.8. The number of hydrogen-bond acceptors (Lipinski definition) is 6. The van der Waals surface area contributed by atoms with Crippen molar-refractivity contribution in [2.24, 2.45) is 0 Å². The van der Waals surface area contributed by atoms with Crippen molar-refractivity contribution in [1.29, 1.82) is 0 Å². The van der Waals surface area contributed by atoms with Crippen LogP contribution < -0.4 is 0 Å². The largest absolute Gasteiger partial charge is 0.467 e. The number of likely N-dealkylation sites (tertiary alicyclic amines) is 1. The van der Waals surface area contributed by atoms with E-state index in [1.165, 1.54) is 24.1 Å². The molecule has 24 heavy (non-hydrogen) atoms. The van der Waals surface area contributed by atoms with E-state index in [4.69, 9.17) is 4.74 Å². The molecule has 2 rings (SSSR count). The zero-order chi connectivity index (χ0) is 18.0. The Hall–Kier alpha value is -2.48. The number of carbonyl (C=O) groups excluding carboxylic acids is 2. The minimum absolute atomic E-state index is 0.0526. The Morgan fingerprint density at radius 3 is 2.54 bits per heavy atom. The summed E-state index contributed by atoms with van der Waals surface area (Å²) in [4.78, 5) is 36.7. The van der Waals surface area contributed by atoms with Crippen LogP contribution in [-0.4, -0.2) is 52.6 Å². The fourth-order valence-electron chi connectivity index (χ4n) is 2.83. The summed E-state index contributed by atoms with van der Waals surface area (Å²) in [7, 11) is 1.20. The molecule has 0 radical (unpaired) electrons. The molecule has 0 saturated carbocycles. The normalized spacial score (nSPS) is 20.6. The van der Waals surface area contributed by atoms with Gasteiger partial charge in [0.05, 0.1) is 18.1 Å². The summed E-state index contributed by atoms with van der Waals surface area (Å²) < 4.78 is 4.70. The van der Waals surface area contributed by atoms with Crippen molar-refractivity contribution in [3.8, 4) is 0 Å². The fraction of sp³-hybridized carbons (Fsp3) is 0.500. The topological polar surface area (TPSA) is 110 Å². The molecule has 0 bridgehead atoms. The zero-order valence-corrected chi connectivity index (χ0v) is 13.8. The molecule has 1 N–H and O–H groups in total. The van der Waals surface area contributed by atoms with Crippen LogP contribution in [0.15, 0.2) is 12.1 Å². The molecule has 0 aromatic heterocycles. The van der Waals surface area contributed by atoms with Crippen LogP contribution in [-0.2, 0) is 9.53 Å². The van der Waals surface area contributed by atoms with Crippen molar-refractivity contribution in [3.05, 3.63) is 38.9 Å². The minimum atomic E-state index is -0.951.